The lowest BCUT2D eigenvalue weighted by Gasteiger charge is -2.23. The number of allylic oxidation sites excluding steroid dienone is 1. The predicted octanol–water partition coefficient (Wildman–Crippen LogP) is 1.26. The van der Waals surface area contributed by atoms with Crippen molar-refractivity contribution in [2.45, 2.75) is 32.2 Å². The van der Waals surface area contributed by atoms with Crippen molar-refractivity contribution in [3.8, 4) is 0 Å². The summed E-state index contributed by atoms with van der Waals surface area (Å²) in [6, 6.07) is 0.627. The largest absolute Gasteiger partial charge is 0.338 e. The van der Waals surface area contributed by atoms with Crippen molar-refractivity contribution in [3.63, 3.8) is 0 Å². The summed E-state index contributed by atoms with van der Waals surface area (Å²) in [5.41, 5.74) is 0. The second kappa shape index (κ2) is 4.79. The monoisotopic (exact) mass is 208 g/mol. The molecule has 1 unspecified atom stereocenters. The van der Waals surface area contributed by atoms with Crippen LogP contribution in [-0.4, -0.2) is 47.9 Å². The van der Waals surface area contributed by atoms with E-state index < -0.39 is 0 Å². The highest BCUT2D eigenvalue weighted by atomic mass is 16.2. The number of nitrogens with zero attached hydrogens (tertiary/aromatic N) is 2. The Labute approximate surface area is 91.7 Å². The second-order valence-corrected chi connectivity index (χ2v) is 4.47. The average Bonchev–Trinajstić information content (AvgIpc) is 2.89. The molecule has 2 saturated heterocycles. The predicted molar refractivity (Wildman–Crippen MR) is 60.6 cm³/mol. The van der Waals surface area contributed by atoms with Gasteiger partial charge in [-0.15, -0.1) is 0 Å². The van der Waals surface area contributed by atoms with E-state index in [1.165, 1.54) is 25.9 Å². The zero-order valence-electron chi connectivity index (χ0n) is 9.48. The summed E-state index contributed by atoms with van der Waals surface area (Å²) in [4.78, 5) is 16.1. The number of hydrogen-bond donors (Lipinski definition) is 0. The van der Waals surface area contributed by atoms with Gasteiger partial charge >= 0.3 is 0 Å². The lowest BCUT2D eigenvalue weighted by atomic mass is 10.2. The van der Waals surface area contributed by atoms with Crippen LogP contribution >= 0.6 is 0 Å². The van der Waals surface area contributed by atoms with Gasteiger partial charge in [-0.05, 0) is 45.4 Å². The number of carbonyl (C=O) groups is 1. The lowest BCUT2D eigenvalue weighted by molar-refractivity contribution is -0.125. The van der Waals surface area contributed by atoms with Crippen molar-refractivity contribution in [3.05, 3.63) is 12.2 Å². The van der Waals surface area contributed by atoms with Crippen LogP contribution in [0, 0.1) is 0 Å². The topological polar surface area (TPSA) is 23.6 Å². The number of hydrogen-bond acceptors (Lipinski definition) is 2. The maximum absolute atomic E-state index is 11.6. The molecule has 1 atom stereocenters. The quantitative estimate of drug-likeness (QED) is 0.638. The molecule has 0 aromatic heterocycles. The molecule has 3 nitrogen and oxygen atoms in total. The van der Waals surface area contributed by atoms with Crippen molar-refractivity contribution in [2.75, 3.05) is 26.2 Å². The SMILES string of the molecule is C/C=C/C(=O)N1CCC(N2CCCC2)C1. The van der Waals surface area contributed by atoms with E-state index in [2.05, 4.69) is 4.90 Å². The van der Waals surface area contributed by atoms with Gasteiger partial charge in [0, 0.05) is 19.1 Å². The third kappa shape index (κ3) is 2.40. The molecule has 0 aromatic rings. The van der Waals surface area contributed by atoms with Crippen LogP contribution in [0.15, 0.2) is 12.2 Å². The molecule has 0 aliphatic carbocycles. The minimum absolute atomic E-state index is 0.180. The maximum Gasteiger partial charge on any atom is 0.246 e. The molecule has 2 aliphatic rings. The Kier molecular flexibility index (Phi) is 3.41. The Balaban J connectivity index is 1.86. The minimum Gasteiger partial charge on any atom is -0.338 e. The summed E-state index contributed by atoms with van der Waals surface area (Å²) in [6.45, 7) is 6.23. The van der Waals surface area contributed by atoms with E-state index in [0.717, 1.165) is 19.5 Å². The summed E-state index contributed by atoms with van der Waals surface area (Å²) in [5, 5.41) is 0. The lowest BCUT2D eigenvalue weighted by Crippen LogP contribution is -2.36. The van der Waals surface area contributed by atoms with Gasteiger partial charge in [0.2, 0.25) is 5.91 Å². The summed E-state index contributed by atoms with van der Waals surface area (Å²) in [5.74, 6) is 0.180. The highest BCUT2D eigenvalue weighted by Gasteiger charge is 2.30. The van der Waals surface area contributed by atoms with E-state index in [1.807, 2.05) is 17.9 Å². The van der Waals surface area contributed by atoms with Crippen LogP contribution in [0.25, 0.3) is 0 Å². The molecule has 0 radical (unpaired) electrons. The molecule has 15 heavy (non-hydrogen) atoms. The Bertz CT molecular complexity index is 256. The van der Waals surface area contributed by atoms with E-state index in [4.69, 9.17) is 0 Å². The van der Waals surface area contributed by atoms with Crippen LogP contribution < -0.4 is 0 Å². The van der Waals surface area contributed by atoms with Gasteiger partial charge in [-0.2, -0.15) is 0 Å². The molecular weight excluding hydrogens is 188 g/mol. The first kappa shape index (κ1) is 10.7. The second-order valence-electron chi connectivity index (χ2n) is 4.47. The molecule has 3 heteroatoms. The smallest absolute Gasteiger partial charge is 0.246 e. The number of amides is 1. The summed E-state index contributed by atoms with van der Waals surface area (Å²) < 4.78 is 0. The van der Waals surface area contributed by atoms with E-state index >= 15 is 0 Å². The Hall–Kier alpha value is -0.830. The van der Waals surface area contributed by atoms with Crippen molar-refractivity contribution >= 4 is 5.91 Å². The fraction of sp³-hybridized carbons (Fsp3) is 0.750. The van der Waals surface area contributed by atoms with Crippen molar-refractivity contribution in [2.24, 2.45) is 0 Å². The minimum atomic E-state index is 0.180. The number of rotatable bonds is 2. The van der Waals surface area contributed by atoms with Crippen LogP contribution in [0.1, 0.15) is 26.2 Å². The van der Waals surface area contributed by atoms with Gasteiger partial charge in [-0.3, -0.25) is 9.69 Å². The third-order valence-electron chi connectivity index (χ3n) is 3.44. The molecule has 2 rings (SSSR count). The maximum atomic E-state index is 11.6. The van der Waals surface area contributed by atoms with Crippen LogP contribution in [0.5, 0.6) is 0 Å². The average molecular weight is 208 g/mol. The van der Waals surface area contributed by atoms with Crippen molar-refractivity contribution in [1.29, 1.82) is 0 Å². The van der Waals surface area contributed by atoms with Gasteiger partial charge in [0.15, 0.2) is 0 Å². The molecule has 0 saturated carbocycles. The van der Waals surface area contributed by atoms with Crippen LogP contribution in [0.3, 0.4) is 0 Å². The van der Waals surface area contributed by atoms with Crippen LogP contribution in [0.2, 0.25) is 0 Å². The molecule has 0 bridgehead atoms. The molecule has 84 valence electrons. The third-order valence-corrected chi connectivity index (χ3v) is 3.44. The van der Waals surface area contributed by atoms with Crippen molar-refractivity contribution in [1.82, 2.24) is 9.80 Å². The molecule has 2 heterocycles. The van der Waals surface area contributed by atoms with E-state index in [9.17, 15) is 4.79 Å². The van der Waals surface area contributed by atoms with Gasteiger partial charge in [0.1, 0.15) is 0 Å². The fourth-order valence-electron chi connectivity index (χ4n) is 2.59. The normalized spacial score (nSPS) is 28.1. The van der Waals surface area contributed by atoms with E-state index in [-0.39, 0.29) is 5.91 Å². The zero-order valence-corrected chi connectivity index (χ0v) is 9.48. The number of likely N-dealkylation sites (tertiary alicyclic amines) is 2. The first-order valence-electron chi connectivity index (χ1n) is 5.97. The summed E-state index contributed by atoms with van der Waals surface area (Å²) in [7, 11) is 0. The first-order chi connectivity index (χ1) is 7.31. The molecule has 0 N–H and O–H groups in total. The van der Waals surface area contributed by atoms with Gasteiger partial charge in [0.25, 0.3) is 0 Å². The molecular formula is C12H20N2O. The Morgan fingerprint density at radius 3 is 2.67 bits per heavy atom. The molecule has 1 amide bonds. The highest BCUT2D eigenvalue weighted by molar-refractivity contribution is 5.87. The molecule has 0 aromatic carbocycles. The van der Waals surface area contributed by atoms with E-state index in [1.54, 1.807) is 6.08 Å². The van der Waals surface area contributed by atoms with Gasteiger partial charge < -0.3 is 4.90 Å². The van der Waals surface area contributed by atoms with Crippen molar-refractivity contribution < 1.29 is 4.79 Å². The summed E-state index contributed by atoms with van der Waals surface area (Å²) in [6.07, 6.45) is 7.32. The van der Waals surface area contributed by atoms with Crippen LogP contribution in [-0.2, 0) is 4.79 Å². The highest BCUT2D eigenvalue weighted by Crippen LogP contribution is 2.20. The Morgan fingerprint density at radius 2 is 2.00 bits per heavy atom. The summed E-state index contributed by atoms with van der Waals surface area (Å²) >= 11 is 0. The molecule has 0 spiro atoms. The molecule has 2 fully saturated rings. The van der Waals surface area contributed by atoms with Gasteiger partial charge in [-0.25, -0.2) is 0 Å². The zero-order chi connectivity index (χ0) is 10.7. The number of carbonyl (C=O) groups excluding carboxylic acids is 1. The van der Waals surface area contributed by atoms with Gasteiger partial charge in [0.05, 0.1) is 0 Å². The molecule has 2 aliphatic heterocycles. The van der Waals surface area contributed by atoms with E-state index in [0.29, 0.717) is 6.04 Å². The fourth-order valence-corrected chi connectivity index (χ4v) is 2.59. The van der Waals surface area contributed by atoms with Gasteiger partial charge in [-0.1, -0.05) is 6.08 Å². The Morgan fingerprint density at radius 1 is 1.27 bits per heavy atom. The standard InChI is InChI=1S/C12H20N2O/c1-2-5-12(15)14-9-6-11(10-14)13-7-3-4-8-13/h2,5,11H,3-4,6-10H2,1H3/b5-2+. The van der Waals surface area contributed by atoms with Crippen LogP contribution in [0.4, 0.5) is 0 Å². The first-order valence-corrected chi connectivity index (χ1v) is 5.97.